The molecule has 2 aliphatic carbocycles. The Morgan fingerprint density at radius 3 is 2.90 bits per heavy atom. The first-order valence-corrected chi connectivity index (χ1v) is 11.9. The molecule has 0 radical (unpaired) electrons. The second-order valence-corrected chi connectivity index (χ2v) is 11.2. The number of nitrogens with one attached hydrogen (secondary N) is 1. The highest BCUT2D eigenvalue weighted by Gasteiger charge is 2.51. The van der Waals surface area contributed by atoms with Gasteiger partial charge in [-0.1, -0.05) is 46.6 Å². The van der Waals surface area contributed by atoms with Gasteiger partial charge in [0.1, 0.15) is 5.75 Å². The summed E-state index contributed by atoms with van der Waals surface area (Å²) in [5.74, 6) is 1.73. The highest BCUT2D eigenvalue weighted by atomic mass is 16.7. The number of esters is 1. The number of fused-ring (bicyclic) bond motifs is 1. The van der Waals surface area contributed by atoms with E-state index >= 15 is 0 Å². The SMILES string of the molecule is CC(CC(=O)OCOc1ccc2c(c1)[C@]13CCCC[C@@H]1[C@H](C2)NCC3)CC(C)(C)C. The molecule has 1 unspecified atom stereocenters. The highest BCUT2D eigenvalue weighted by molar-refractivity contribution is 5.69. The van der Waals surface area contributed by atoms with E-state index in [1.807, 2.05) is 6.07 Å². The van der Waals surface area contributed by atoms with Gasteiger partial charge in [0.2, 0.25) is 6.79 Å². The van der Waals surface area contributed by atoms with Crippen LogP contribution in [0.15, 0.2) is 18.2 Å². The lowest BCUT2D eigenvalue weighted by Gasteiger charge is -2.56. The Hall–Kier alpha value is -1.55. The summed E-state index contributed by atoms with van der Waals surface area (Å²) < 4.78 is 11.3. The van der Waals surface area contributed by atoms with Crippen molar-refractivity contribution in [2.45, 2.75) is 90.5 Å². The molecule has 4 nitrogen and oxygen atoms in total. The second kappa shape index (κ2) is 8.53. The molecule has 0 spiro atoms. The summed E-state index contributed by atoms with van der Waals surface area (Å²) in [7, 11) is 0. The van der Waals surface area contributed by atoms with Crippen molar-refractivity contribution in [2.24, 2.45) is 17.3 Å². The lowest BCUT2D eigenvalue weighted by atomic mass is 9.53. The molecule has 4 rings (SSSR count). The van der Waals surface area contributed by atoms with E-state index in [0.29, 0.717) is 23.8 Å². The van der Waals surface area contributed by atoms with E-state index in [1.165, 1.54) is 43.2 Å². The summed E-state index contributed by atoms with van der Waals surface area (Å²) in [5, 5.41) is 3.79. The number of hydrogen-bond donors (Lipinski definition) is 1. The van der Waals surface area contributed by atoms with Gasteiger partial charge >= 0.3 is 5.97 Å². The third kappa shape index (κ3) is 4.54. The Kier molecular flexibility index (Phi) is 6.16. The third-order valence-electron chi connectivity index (χ3n) is 7.54. The van der Waals surface area contributed by atoms with Crippen molar-refractivity contribution in [3.05, 3.63) is 29.3 Å². The van der Waals surface area contributed by atoms with Gasteiger partial charge in [0.25, 0.3) is 0 Å². The maximum absolute atomic E-state index is 12.2. The highest BCUT2D eigenvalue weighted by Crippen LogP contribution is 2.54. The molecular formula is C26H39NO3. The zero-order chi connectivity index (χ0) is 21.4. The zero-order valence-electron chi connectivity index (χ0n) is 19.3. The fraction of sp³-hybridized carbons (Fsp3) is 0.731. The van der Waals surface area contributed by atoms with Crippen molar-refractivity contribution >= 4 is 5.97 Å². The number of benzene rings is 1. The molecule has 1 aromatic rings. The van der Waals surface area contributed by atoms with Crippen LogP contribution < -0.4 is 10.1 Å². The van der Waals surface area contributed by atoms with Crippen LogP contribution in [0.25, 0.3) is 0 Å². The number of carbonyl (C=O) groups excluding carboxylic acids is 1. The van der Waals surface area contributed by atoms with Crippen molar-refractivity contribution in [2.75, 3.05) is 13.3 Å². The van der Waals surface area contributed by atoms with Gasteiger partial charge in [-0.25, -0.2) is 0 Å². The van der Waals surface area contributed by atoms with Crippen LogP contribution in [0.5, 0.6) is 5.75 Å². The van der Waals surface area contributed by atoms with Crippen LogP contribution in [0.2, 0.25) is 0 Å². The van der Waals surface area contributed by atoms with Gasteiger partial charge < -0.3 is 14.8 Å². The smallest absolute Gasteiger partial charge is 0.308 e. The van der Waals surface area contributed by atoms with Crippen molar-refractivity contribution in [3.63, 3.8) is 0 Å². The number of rotatable bonds is 6. The Morgan fingerprint density at radius 1 is 1.27 bits per heavy atom. The first kappa shape index (κ1) is 21.7. The van der Waals surface area contributed by atoms with E-state index in [4.69, 9.17) is 9.47 Å². The normalized spacial score (nSPS) is 28.8. The van der Waals surface area contributed by atoms with Crippen molar-refractivity contribution in [1.82, 2.24) is 5.32 Å². The molecule has 1 aromatic carbocycles. The average molecular weight is 414 g/mol. The summed E-state index contributed by atoms with van der Waals surface area (Å²) in [6.45, 7) is 9.85. The molecule has 1 saturated carbocycles. The molecule has 1 N–H and O–H groups in total. The minimum atomic E-state index is -0.170. The first-order valence-electron chi connectivity index (χ1n) is 11.9. The first-order chi connectivity index (χ1) is 14.3. The van der Waals surface area contributed by atoms with E-state index in [1.54, 1.807) is 0 Å². The predicted octanol–water partition coefficient (Wildman–Crippen LogP) is 5.37. The van der Waals surface area contributed by atoms with Gasteiger partial charge in [-0.05, 0) is 79.2 Å². The molecular weight excluding hydrogens is 374 g/mol. The molecule has 4 atom stereocenters. The fourth-order valence-electron chi connectivity index (χ4n) is 6.62. The Morgan fingerprint density at radius 2 is 2.10 bits per heavy atom. The van der Waals surface area contributed by atoms with Crippen LogP contribution in [-0.2, 0) is 21.4 Å². The Labute approximate surface area is 182 Å². The molecule has 1 aliphatic heterocycles. The average Bonchev–Trinajstić information content (AvgIpc) is 2.67. The molecule has 0 aromatic heterocycles. The minimum Gasteiger partial charge on any atom is -0.457 e. The summed E-state index contributed by atoms with van der Waals surface area (Å²) >= 11 is 0. The van der Waals surface area contributed by atoms with Gasteiger partial charge in [0.15, 0.2) is 0 Å². The summed E-state index contributed by atoms with van der Waals surface area (Å²) in [5.41, 5.74) is 3.53. The van der Waals surface area contributed by atoms with Crippen molar-refractivity contribution < 1.29 is 14.3 Å². The van der Waals surface area contributed by atoms with Gasteiger partial charge in [-0.2, -0.15) is 0 Å². The lowest BCUT2D eigenvalue weighted by molar-refractivity contribution is -0.151. The summed E-state index contributed by atoms with van der Waals surface area (Å²) in [6.07, 6.45) is 9.14. The predicted molar refractivity (Wildman–Crippen MR) is 120 cm³/mol. The molecule has 1 heterocycles. The molecule has 4 heteroatoms. The van der Waals surface area contributed by atoms with Crippen LogP contribution in [-0.4, -0.2) is 25.3 Å². The second-order valence-electron chi connectivity index (χ2n) is 11.2. The number of ether oxygens (including phenoxy) is 2. The molecule has 2 bridgehead atoms. The van der Waals surface area contributed by atoms with E-state index in [9.17, 15) is 4.79 Å². The zero-order valence-corrected chi connectivity index (χ0v) is 19.3. The number of piperidine rings is 1. The van der Waals surface area contributed by atoms with Gasteiger partial charge in [0, 0.05) is 17.9 Å². The van der Waals surface area contributed by atoms with Gasteiger partial charge in [-0.3, -0.25) is 4.79 Å². The summed E-state index contributed by atoms with van der Waals surface area (Å²) in [4.78, 5) is 12.2. The summed E-state index contributed by atoms with van der Waals surface area (Å²) in [6, 6.07) is 7.18. The molecule has 30 heavy (non-hydrogen) atoms. The quantitative estimate of drug-likeness (QED) is 0.503. The molecule has 0 amide bonds. The molecule has 166 valence electrons. The van der Waals surface area contributed by atoms with E-state index in [2.05, 4.69) is 45.1 Å². The fourth-order valence-corrected chi connectivity index (χ4v) is 6.62. The topological polar surface area (TPSA) is 47.6 Å². The van der Waals surface area contributed by atoms with Gasteiger partial charge in [-0.15, -0.1) is 0 Å². The Balaban J connectivity index is 1.38. The van der Waals surface area contributed by atoms with Crippen LogP contribution in [0.3, 0.4) is 0 Å². The molecule has 1 saturated heterocycles. The molecule has 3 aliphatic rings. The minimum absolute atomic E-state index is 0.000463. The van der Waals surface area contributed by atoms with E-state index in [-0.39, 0.29) is 18.2 Å². The van der Waals surface area contributed by atoms with Crippen molar-refractivity contribution in [3.8, 4) is 5.75 Å². The van der Waals surface area contributed by atoms with E-state index < -0.39 is 0 Å². The van der Waals surface area contributed by atoms with Crippen LogP contribution in [0, 0.1) is 17.3 Å². The van der Waals surface area contributed by atoms with Crippen LogP contribution in [0.1, 0.15) is 83.8 Å². The Bertz CT molecular complexity index is 764. The maximum Gasteiger partial charge on any atom is 0.308 e. The van der Waals surface area contributed by atoms with Gasteiger partial charge in [0.05, 0.1) is 0 Å². The number of carbonyl (C=O) groups is 1. The molecule has 2 fully saturated rings. The lowest BCUT2D eigenvalue weighted by Crippen LogP contribution is -2.59. The van der Waals surface area contributed by atoms with Crippen LogP contribution in [0.4, 0.5) is 0 Å². The van der Waals surface area contributed by atoms with Crippen LogP contribution >= 0.6 is 0 Å². The maximum atomic E-state index is 12.2. The number of hydrogen-bond acceptors (Lipinski definition) is 4. The van der Waals surface area contributed by atoms with E-state index in [0.717, 1.165) is 31.1 Å². The third-order valence-corrected chi connectivity index (χ3v) is 7.54. The standard InChI is InChI=1S/C26H39NO3/c1-18(16-25(2,3)4)13-24(28)30-17-29-20-9-8-19-14-23-21-7-5-6-10-26(21,11-12-27-23)22(19)15-20/h8-9,15,18,21,23,27H,5-7,10-14,16-17H2,1-4H3/t18?,21-,23+,26+/m1/s1. The largest absolute Gasteiger partial charge is 0.457 e. The monoisotopic (exact) mass is 413 g/mol. The van der Waals surface area contributed by atoms with Crippen molar-refractivity contribution in [1.29, 1.82) is 0 Å².